The van der Waals surface area contributed by atoms with Crippen molar-refractivity contribution in [3.63, 3.8) is 0 Å². The van der Waals surface area contributed by atoms with E-state index in [0.29, 0.717) is 18.4 Å². The van der Waals surface area contributed by atoms with Crippen molar-refractivity contribution < 1.29 is 9.90 Å². The number of nitrogens with two attached hydrogens (primary N) is 1. The number of benzene rings is 1. The maximum atomic E-state index is 11.1. The van der Waals surface area contributed by atoms with Gasteiger partial charge in [0.2, 0.25) is 0 Å². The molecule has 1 saturated carbocycles. The molecule has 0 aromatic heterocycles. The highest BCUT2D eigenvalue weighted by Gasteiger charge is 2.45. The van der Waals surface area contributed by atoms with E-state index >= 15 is 0 Å². The molecule has 3 N–H and O–H groups in total. The second-order valence-corrected chi connectivity index (χ2v) is 5.87. The van der Waals surface area contributed by atoms with Gasteiger partial charge < -0.3 is 10.8 Å². The van der Waals surface area contributed by atoms with Crippen LogP contribution in [-0.4, -0.2) is 17.6 Å². The molecule has 0 radical (unpaired) electrons. The number of carboxylic acids is 1. The summed E-state index contributed by atoms with van der Waals surface area (Å²) in [6.45, 7) is 2.66. The summed E-state index contributed by atoms with van der Waals surface area (Å²) in [7, 11) is 0. The molecule has 104 valence electrons. The molecule has 0 saturated heterocycles. The molecule has 0 aliphatic heterocycles. The lowest BCUT2D eigenvalue weighted by molar-refractivity contribution is -0.139. The van der Waals surface area contributed by atoms with Crippen molar-refractivity contribution in [1.82, 2.24) is 0 Å². The molecule has 0 spiro atoms. The molecule has 0 bridgehead atoms. The van der Waals surface area contributed by atoms with Crippen LogP contribution >= 0.6 is 0 Å². The average molecular weight is 261 g/mol. The van der Waals surface area contributed by atoms with Gasteiger partial charge in [0.15, 0.2) is 0 Å². The molecule has 1 aliphatic rings. The predicted octanol–water partition coefficient (Wildman–Crippen LogP) is 3.01. The number of hydrogen-bond donors (Lipinski definition) is 2. The lowest BCUT2D eigenvalue weighted by Gasteiger charge is -2.25. The van der Waals surface area contributed by atoms with E-state index in [0.717, 1.165) is 19.3 Å². The lowest BCUT2D eigenvalue weighted by Crippen LogP contribution is -2.30. The minimum Gasteiger partial charge on any atom is -0.481 e. The van der Waals surface area contributed by atoms with Crippen molar-refractivity contribution in [3.8, 4) is 0 Å². The third-order valence-electron chi connectivity index (χ3n) is 4.63. The quantitative estimate of drug-likeness (QED) is 0.856. The zero-order chi connectivity index (χ0) is 13.9. The van der Waals surface area contributed by atoms with Gasteiger partial charge in [-0.15, -0.1) is 0 Å². The van der Waals surface area contributed by atoms with E-state index in [-0.39, 0.29) is 11.8 Å². The lowest BCUT2D eigenvalue weighted by atomic mass is 9.81. The molecule has 3 unspecified atom stereocenters. The van der Waals surface area contributed by atoms with Crippen LogP contribution in [0.4, 0.5) is 0 Å². The van der Waals surface area contributed by atoms with E-state index in [1.54, 1.807) is 0 Å². The largest absolute Gasteiger partial charge is 0.481 e. The van der Waals surface area contributed by atoms with Gasteiger partial charge in [-0.3, -0.25) is 4.79 Å². The van der Waals surface area contributed by atoms with Gasteiger partial charge in [-0.2, -0.15) is 0 Å². The Morgan fingerprint density at radius 2 is 2.05 bits per heavy atom. The summed E-state index contributed by atoms with van der Waals surface area (Å²) >= 11 is 0. The van der Waals surface area contributed by atoms with Crippen LogP contribution in [-0.2, 0) is 4.79 Å². The van der Waals surface area contributed by atoms with Crippen molar-refractivity contribution in [3.05, 3.63) is 35.9 Å². The summed E-state index contributed by atoms with van der Waals surface area (Å²) in [5.74, 6) is 0.272. The summed E-state index contributed by atoms with van der Waals surface area (Å²) in [4.78, 5) is 11.1. The van der Waals surface area contributed by atoms with Crippen molar-refractivity contribution in [2.45, 2.75) is 38.5 Å². The Morgan fingerprint density at radius 3 is 2.58 bits per heavy atom. The van der Waals surface area contributed by atoms with E-state index in [1.165, 1.54) is 5.56 Å². The highest BCUT2D eigenvalue weighted by atomic mass is 16.4. The summed E-state index contributed by atoms with van der Waals surface area (Å²) in [6.07, 6.45) is 3.12. The second-order valence-electron chi connectivity index (χ2n) is 5.87. The van der Waals surface area contributed by atoms with E-state index < -0.39 is 5.97 Å². The Balaban J connectivity index is 2.24. The van der Waals surface area contributed by atoms with Gasteiger partial charge in [-0.1, -0.05) is 43.7 Å². The minimum absolute atomic E-state index is 0.198. The summed E-state index contributed by atoms with van der Waals surface area (Å²) in [6, 6.07) is 10.4. The Hall–Kier alpha value is -1.35. The van der Waals surface area contributed by atoms with Crippen LogP contribution in [0.2, 0.25) is 0 Å². The zero-order valence-electron chi connectivity index (χ0n) is 11.5. The van der Waals surface area contributed by atoms with Crippen LogP contribution in [0.3, 0.4) is 0 Å². The molecule has 2 rings (SSSR count). The normalized spacial score (nSPS) is 30.4. The van der Waals surface area contributed by atoms with Crippen molar-refractivity contribution in [1.29, 1.82) is 0 Å². The van der Waals surface area contributed by atoms with Gasteiger partial charge in [0.1, 0.15) is 0 Å². The topological polar surface area (TPSA) is 63.3 Å². The number of hydrogen-bond acceptors (Lipinski definition) is 2. The van der Waals surface area contributed by atoms with Crippen molar-refractivity contribution in [2.24, 2.45) is 17.1 Å². The number of rotatable bonds is 5. The average Bonchev–Trinajstić information content (AvgIpc) is 2.78. The second kappa shape index (κ2) is 5.74. The van der Waals surface area contributed by atoms with Gasteiger partial charge in [-0.25, -0.2) is 0 Å². The molecule has 0 heterocycles. The number of carbonyl (C=O) groups is 1. The molecule has 0 amide bonds. The molecule has 19 heavy (non-hydrogen) atoms. The first-order valence-electron chi connectivity index (χ1n) is 7.07. The molecule has 3 atom stereocenters. The Bertz CT molecular complexity index is 432. The van der Waals surface area contributed by atoms with Gasteiger partial charge in [0.05, 0.1) is 6.42 Å². The van der Waals surface area contributed by atoms with Gasteiger partial charge in [0, 0.05) is 0 Å². The first kappa shape index (κ1) is 14.1. The van der Waals surface area contributed by atoms with Crippen LogP contribution in [0.1, 0.15) is 44.1 Å². The van der Waals surface area contributed by atoms with E-state index in [9.17, 15) is 4.79 Å². The van der Waals surface area contributed by atoms with Crippen LogP contribution in [0, 0.1) is 11.3 Å². The SMILES string of the molecule is CCC1CC(CN)(CC(=O)O)CC1c1ccccc1. The van der Waals surface area contributed by atoms with Crippen LogP contribution in [0.15, 0.2) is 30.3 Å². The van der Waals surface area contributed by atoms with E-state index in [2.05, 4.69) is 31.2 Å². The molecular weight excluding hydrogens is 238 g/mol. The minimum atomic E-state index is -0.728. The monoisotopic (exact) mass is 261 g/mol. The fourth-order valence-corrected chi connectivity index (χ4v) is 3.64. The molecule has 1 aromatic carbocycles. The maximum absolute atomic E-state index is 11.1. The van der Waals surface area contributed by atoms with Crippen molar-refractivity contribution >= 4 is 5.97 Å². The van der Waals surface area contributed by atoms with Crippen LogP contribution < -0.4 is 5.73 Å². The smallest absolute Gasteiger partial charge is 0.303 e. The van der Waals surface area contributed by atoms with E-state index in [1.807, 2.05) is 6.07 Å². The summed E-state index contributed by atoms with van der Waals surface area (Å²) in [5.41, 5.74) is 7.02. The fourth-order valence-electron chi connectivity index (χ4n) is 3.64. The highest BCUT2D eigenvalue weighted by Crippen LogP contribution is 2.52. The number of aliphatic carboxylic acids is 1. The molecule has 3 nitrogen and oxygen atoms in total. The standard InChI is InChI=1S/C16H23NO2/c1-2-12-8-16(11-17,10-15(18)19)9-14(12)13-6-4-3-5-7-13/h3-7,12,14H,2,8-11,17H2,1H3,(H,18,19). The molecule has 1 fully saturated rings. The zero-order valence-corrected chi connectivity index (χ0v) is 11.5. The van der Waals surface area contributed by atoms with Gasteiger partial charge in [0.25, 0.3) is 0 Å². The first-order valence-corrected chi connectivity index (χ1v) is 7.07. The first-order chi connectivity index (χ1) is 9.10. The molecular formula is C16H23NO2. The van der Waals surface area contributed by atoms with Crippen LogP contribution in [0.5, 0.6) is 0 Å². The predicted molar refractivity (Wildman–Crippen MR) is 75.9 cm³/mol. The molecule has 1 aromatic rings. The Kier molecular flexibility index (Phi) is 4.25. The van der Waals surface area contributed by atoms with Gasteiger partial charge in [-0.05, 0) is 42.2 Å². The third-order valence-corrected chi connectivity index (χ3v) is 4.63. The van der Waals surface area contributed by atoms with Gasteiger partial charge >= 0.3 is 5.97 Å². The fraction of sp³-hybridized carbons (Fsp3) is 0.562. The number of carboxylic acid groups (broad SMARTS) is 1. The van der Waals surface area contributed by atoms with Crippen molar-refractivity contribution in [2.75, 3.05) is 6.54 Å². The third kappa shape index (κ3) is 2.98. The van der Waals surface area contributed by atoms with Crippen LogP contribution in [0.25, 0.3) is 0 Å². The Labute approximate surface area is 114 Å². The Morgan fingerprint density at radius 1 is 1.37 bits per heavy atom. The summed E-state index contributed by atoms with van der Waals surface area (Å²) in [5, 5.41) is 9.13. The van der Waals surface area contributed by atoms with E-state index in [4.69, 9.17) is 10.8 Å². The molecule has 1 aliphatic carbocycles. The highest BCUT2D eigenvalue weighted by molar-refractivity contribution is 5.68. The summed E-state index contributed by atoms with van der Waals surface area (Å²) < 4.78 is 0. The maximum Gasteiger partial charge on any atom is 0.303 e. The molecule has 3 heteroatoms.